The first-order chi connectivity index (χ1) is 17.4. The third-order valence-electron chi connectivity index (χ3n) is 6.81. The zero-order valence-electron chi connectivity index (χ0n) is 19.7. The zero-order valence-corrected chi connectivity index (χ0v) is 19.7. The SMILES string of the molecule is O=C(Cc1ccc(N2CCC3(CC2)CC(O)c2c(F)cccc2O3)nn1)NCC(O)c1ccccn1. The van der Waals surface area contributed by atoms with Crippen LogP contribution in [0.15, 0.2) is 54.7 Å². The summed E-state index contributed by atoms with van der Waals surface area (Å²) in [5, 5.41) is 31.9. The summed E-state index contributed by atoms with van der Waals surface area (Å²) < 4.78 is 20.3. The molecule has 1 aromatic carbocycles. The van der Waals surface area contributed by atoms with Crippen LogP contribution in [-0.4, -0.2) is 56.5 Å². The van der Waals surface area contributed by atoms with Crippen LogP contribution >= 0.6 is 0 Å². The maximum atomic E-state index is 14.1. The fourth-order valence-corrected chi connectivity index (χ4v) is 4.84. The number of aromatic nitrogens is 3. The number of hydrogen-bond donors (Lipinski definition) is 3. The summed E-state index contributed by atoms with van der Waals surface area (Å²) in [5.74, 6) is 0.400. The first kappa shape index (κ1) is 24.1. The molecular weight excluding hydrogens is 465 g/mol. The van der Waals surface area contributed by atoms with Crippen LogP contribution in [0.3, 0.4) is 0 Å². The van der Waals surface area contributed by atoms with Crippen molar-refractivity contribution in [1.82, 2.24) is 20.5 Å². The Morgan fingerprint density at radius 1 is 1.17 bits per heavy atom. The largest absolute Gasteiger partial charge is 0.487 e. The predicted octanol–water partition coefficient (Wildman–Crippen LogP) is 2.26. The molecule has 0 aliphatic carbocycles. The van der Waals surface area contributed by atoms with Gasteiger partial charge in [-0.15, -0.1) is 5.10 Å². The van der Waals surface area contributed by atoms with Gasteiger partial charge in [-0.3, -0.25) is 9.78 Å². The number of anilines is 1. The molecule has 0 bridgehead atoms. The summed E-state index contributed by atoms with van der Waals surface area (Å²) in [6.45, 7) is 1.36. The highest BCUT2D eigenvalue weighted by Gasteiger charge is 2.44. The number of halogens is 1. The minimum atomic E-state index is -0.892. The van der Waals surface area contributed by atoms with Gasteiger partial charge in [0, 0.05) is 45.1 Å². The number of pyridine rings is 1. The van der Waals surface area contributed by atoms with Crippen molar-refractivity contribution in [1.29, 1.82) is 0 Å². The molecule has 0 saturated carbocycles. The zero-order chi connectivity index (χ0) is 25.1. The van der Waals surface area contributed by atoms with Crippen molar-refractivity contribution in [2.75, 3.05) is 24.5 Å². The molecule has 188 valence electrons. The molecule has 2 aliphatic heterocycles. The molecule has 3 N–H and O–H groups in total. The Bertz CT molecular complexity index is 1200. The highest BCUT2D eigenvalue weighted by atomic mass is 19.1. The minimum absolute atomic E-state index is 0.0486. The fraction of sp³-hybridized carbons (Fsp3) is 0.385. The van der Waals surface area contributed by atoms with E-state index < -0.39 is 23.6 Å². The first-order valence-corrected chi connectivity index (χ1v) is 12.0. The van der Waals surface area contributed by atoms with Gasteiger partial charge in [0.25, 0.3) is 0 Å². The van der Waals surface area contributed by atoms with Crippen LogP contribution in [-0.2, 0) is 11.2 Å². The van der Waals surface area contributed by atoms with Gasteiger partial charge in [0.2, 0.25) is 5.91 Å². The quantitative estimate of drug-likeness (QED) is 0.478. The van der Waals surface area contributed by atoms with Crippen molar-refractivity contribution in [3.8, 4) is 5.75 Å². The van der Waals surface area contributed by atoms with Crippen LogP contribution in [0, 0.1) is 5.82 Å². The number of benzene rings is 1. The molecule has 2 aliphatic rings. The fourth-order valence-electron chi connectivity index (χ4n) is 4.84. The van der Waals surface area contributed by atoms with Crippen molar-refractivity contribution in [2.45, 2.75) is 43.5 Å². The number of amides is 1. The van der Waals surface area contributed by atoms with Crippen LogP contribution in [0.5, 0.6) is 5.75 Å². The second kappa shape index (κ2) is 10.2. The van der Waals surface area contributed by atoms with Crippen LogP contribution in [0.25, 0.3) is 0 Å². The van der Waals surface area contributed by atoms with Gasteiger partial charge in [0.1, 0.15) is 23.3 Å². The van der Waals surface area contributed by atoms with Crippen LogP contribution in [0.2, 0.25) is 0 Å². The van der Waals surface area contributed by atoms with E-state index in [4.69, 9.17) is 4.74 Å². The summed E-state index contributed by atoms with van der Waals surface area (Å²) in [7, 11) is 0. The lowest BCUT2D eigenvalue weighted by molar-refractivity contribution is -0.121. The topological polar surface area (TPSA) is 121 Å². The Kier molecular flexibility index (Phi) is 6.80. The number of carbonyl (C=O) groups is 1. The van der Waals surface area contributed by atoms with E-state index in [0.29, 0.717) is 55.3 Å². The van der Waals surface area contributed by atoms with Crippen LogP contribution in [0.4, 0.5) is 10.2 Å². The van der Waals surface area contributed by atoms with Gasteiger partial charge in [-0.1, -0.05) is 12.1 Å². The summed E-state index contributed by atoms with van der Waals surface area (Å²) in [6, 6.07) is 13.5. The summed E-state index contributed by atoms with van der Waals surface area (Å²) >= 11 is 0. The molecule has 2 aromatic heterocycles. The summed E-state index contributed by atoms with van der Waals surface area (Å²) in [6.07, 6.45) is 1.53. The van der Waals surface area contributed by atoms with E-state index in [1.807, 2.05) is 6.07 Å². The summed E-state index contributed by atoms with van der Waals surface area (Å²) in [5.41, 5.74) is 0.716. The highest BCUT2D eigenvalue weighted by Crippen LogP contribution is 2.45. The minimum Gasteiger partial charge on any atom is -0.487 e. The van der Waals surface area contributed by atoms with Crippen molar-refractivity contribution < 1.29 is 24.1 Å². The normalized spacial score (nSPS) is 19.3. The second-order valence-corrected chi connectivity index (χ2v) is 9.28. The number of hydrogen-bond acceptors (Lipinski definition) is 8. The lowest BCUT2D eigenvalue weighted by Crippen LogP contribution is -2.51. The molecule has 1 saturated heterocycles. The van der Waals surface area contributed by atoms with E-state index in [2.05, 4.69) is 25.4 Å². The van der Waals surface area contributed by atoms with Crippen molar-refractivity contribution in [2.24, 2.45) is 0 Å². The van der Waals surface area contributed by atoms with E-state index in [1.54, 1.807) is 42.6 Å². The molecular formula is C26H28FN5O4. The molecule has 0 radical (unpaired) electrons. The Labute approximate surface area is 208 Å². The average Bonchev–Trinajstić information content (AvgIpc) is 2.88. The maximum Gasteiger partial charge on any atom is 0.226 e. The number of nitrogens with zero attached hydrogens (tertiary/aromatic N) is 4. The van der Waals surface area contributed by atoms with Crippen LogP contribution in [0.1, 0.15) is 48.4 Å². The number of carbonyl (C=O) groups excluding carboxylic acids is 1. The van der Waals surface area contributed by atoms with Gasteiger partial charge >= 0.3 is 0 Å². The molecule has 10 heteroatoms. The van der Waals surface area contributed by atoms with Gasteiger partial charge in [0.15, 0.2) is 5.82 Å². The van der Waals surface area contributed by atoms with Gasteiger partial charge in [0.05, 0.1) is 29.5 Å². The molecule has 9 nitrogen and oxygen atoms in total. The van der Waals surface area contributed by atoms with Gasteiger partial charge < -0.3 is 25.2 Å². The van der Waals surface area contributed by atoms with Gasteiger partial charge in [-0.2, -0.15) is 5.10 Å². The monoisotopic (exact) mass is 493 g/mol. The molecule has 5 rings (SSSR count). The number of fused-ring (bicyclic) bond motifs is 1. The molecule has 2 unspecified atom stereocenters. The molecule has 3 aromatic rings. The Hall–Kier alpha value is -3.63. The number of nitrogens with one attached hydrogen (secondary N) is 1. The molecule has 4 heterocycles. The van der Waals surface area contributed by atoms with E-state index in [0.717, 1.165) is 0 Å². The lowest BCUT2D eigenvalue weighted by atomic mass is 9.81. The number of piperidine rings is 1. The highest BCUT2D eigenvalue weighted by molar-refractivity contribution is 5.78. The van der Waals surface area contributed by atoms with Crippen molar-refractivity contribution >= 4 is 11.7 Å². The number of rotatable bonds is 6. The molecule has 1 amide bonds. The average molecular weight is 494 g/mol. The number of aliphatic hydroxyl groups is 2. The van der Waals surface area contributed by atoms with E-state index in [9.17, 15) is 19.4 Å². The molecule has 1 fully saturated rings. The van der Waals surface area contributed by atoms with Gasteiger partial charge in [-0.05, 0) is 36.4 Å². The predicted molar refractivity (Wildman–Crippen MR) is 129 cm³/mol. The van der Waals surface area contributed by atoms with Gasteiger partial charge in [-0.25, -0.2) is 4.39 Å². The van der Waals surface area contributed by atoms with E-state index in [1.165, 1.54) is 6.07 Å². The molecule has 36 heavy (non-hydrogen) atoms. The van der Waals surface area contributed by atoms with E-state index >= 15 is 0 Å². The summed E-state index contributed by atoms with van der Waals surface area (Å²) in [4.78, 5) is 18.4. The van der Waals surface area contributed by atoms with Crippen molar-refractivity contribution in [3.63, 3.8) is 0 Å². The standard InChI is InChI=1S/C26H28FN5O4/c27-18-4-3-6-22-25(18)20(33)15-26(36-22)9-12-32(13-10-26)23-8-7-17(30-31-23)14-24(35)29-16-21(34)19-5-1-2-11-28-19/h1-8,11,20-21,33-34H,9-10,12-16H2,(H,29,35). The Morgan fingerprint density at radius 2 is 2.00 bits per heavy atom. The first-order valence-electron chi connectivity index (χ1n) is 12.0. The smallest absolute Gasteiger partial charge is 0.226 e. The number of aliphatic hydroxyl groups excluding tert-OH is 2. The number of ether oxygens (including phenoxy) is 1. The third kappa shape index (κ3) is 5.14. The lowest BCUT2D eigenvalue weighted by Gasteiger charge is -2.46. The Morgan fingerprint density at radius 3 is 2.72 bits per heavy atom. The second-order valence-electron chi connectivity index (χ2n) is 9.28. The third-order valence-corrected chi connectivity index (χ3v) is 6.81. The van der Waals surface area contributed by atoms with E-state index in [-0.39, 0.29) is 24.4 Å². The Balaban J connectivity index is 1.13. The maximum absolute atomic E-state index is 14.1. The van der Waals surface area contributed by atoms with Crippen molar-refractivity contribution in [3.05, 3.63) is 77.5 Å². The molecule has 2 atom stereocenters. The van der Waals surface area contributed by atoms with Crippen LogP contribution < -0.4 is 15.0 Å². The molecule has 1 spiro atoms.